The zero-order chi connectivity index (χ0) is 17.1. The van der Waals surface area contributed by atoms with Crippen molar-refractivity contribution in [2.75, 3.05) is 6.61 Å². The van der Waals surface area contributed by atoms with Crippen LogP contribution in [0.25, 0.3) is 5.57 Å². The van der Waals surface area contributed by atoms with Crippen LogP contribution in [-0.2, 0) is 10.8 Å². The molecule has 0 aromatic carbocycles. The second-order valence-corrected chi connectivity index (χ2v) is 11.9. The first-order chi connectivity index (χ1) is 9.97. The standard InChI is InChI=1S/C16H26N2O3Si/c1-12(2)14-15(18(19)20)13(8-10-17-14)9-11-21-22(6,7)16(3,4)5/h8,10H,1,9,11H2,2-7H3. The zero-order valence-corrected chi connectivity index (χ0v) is 15.4. The fourth-order valence-electron chi connectivity index (χ4n) is 1.84. The number of pyridine rings is 1. The SMILES string of the molecule is C=C(C)c1nccc(CCO[Si](C)(C)C(C)(C)C)c1[N+](=O)[O-]. The minimum absolute atomic E-state index is 0.0498. The third-order valence-electron chi connectivity index (χ3n) is 4.24. The topological polar surface area (TPSA) is 65.3 Å². The predicted molar refractivity (Wildman–Crippen MR) is 92.5 cm³/mol. The number of rotatable bonds is 6. The molecule has 122 valence electrons. The van der Waals surface area contributed by atoms with Crippen LogP contribution >= 0.6 is 0 Å². The number of allylic oxidation sites excluding steroid dienone is 1. The van der Waals surface area contributed by atoms with E-state index in [0.29, 0.717) is 29.9 Å². The largest absolute Gasteiger partial charge is 0.416 e. The van der Waals surface area contributed by atoms with Crippen LogP contribution in [0.15, 0.2) is 18.8 Å². The maximum Gasteiger partial charge on any atom is 0.298 e. The lowest BCUT2D eigenvalue weighted by molar-refractivity contribution is -0.386. The molecule has 0 aliphatic rings. The zero-order valence-electron chi connectivity index (χ0n) is 14.4. The molecule has 1 rings (SSSR count). The van der Waals surface area contributed by atoms with Gasteiger partial charge in [0.25, 0.3) is 5.69 Å². The lowest BCUT2D eigenvalue weighted by Crippen LogP contribution is -2.41. The summed E-state index contributed by atoms with van der Waals surface area (Å²) in [6, 6.07) is 1.69. The van der Waals surface area contributed by atoms with Crippen LogP contribution in [0.1, 0.15) is 39.0 Å². The molecule has 0 aliphatic carbocycles. The number of nitro groups is 1. The third kappa shape index (κ3) is 4.24. The molecule has 1 aromatic heterocycles. The van der Waals surface area contributed by atoms with Gasteiger partial charge in [-0.25, -0.2) is 4.98 Å². The molecular formula is C16H26N2O3Si. The molecule has 0 amide bonds. The van der Waals surface area contributed by atoms with Crippen LogP contribution in [0.5, 0.6) is 0 Å². The molecule has 0 N–H and O–H groups in total. The first-order valence-corrected chi connectivity index (χ1v) is 10.3. The van der Waals surface area contributed by atoms with Crippen molar-refractivity contribution in [2.24, 2.45) is 0 Å². The number of hydrogen-bond acceptors (Lipinski definition) is 4. The second-order valence-electron chi connectivity index (χ2n) is 7.06. The fourth-order valence-corrected chi connectivity index (χ4v) is 2.89. The summed E-state index contributed by atoms with van der Waals surface area (Å²) in [6.07, 6.45) is 2.10. The molecule has 1 aromatic rings. The Morgan fingerprint density at radius 3 is 2.50 bits per heavy atom. The average Bonchev–Trinajstić information content (AvgIpc) is 2.36. The highest BCUT2D eigenvalue weighted by Crippen LogP contribution is 2.36. The molecule has 0 aliphatic heterocycles. The Labute approximate surface area is 133 Å². The molecule has 1 heterocycles. The van der Waals surface area contributed by atoms with Crippen LogP contribution < -0.4 is 0 Å². The Kier molecular flexibility index (Phi) is 5.64. The summed E-state index contributed by atoms with van der Waals surface area (Å²) in [5.74, 6) is 0. The van der Waals surface area contributed by atoms with Gasteiger partial charge in [-0.2, -0.15) is 0 Å². The second kappa shape index (κ2) is 6.70. The minimum Gasteiger partial charge on any atom is -0.416 e. The fraction of sp³-hybridized carbons (Fsp3) is 0.562. The lowest BCUT2D eigenvalue weighted by Gasteiger charge is -2.36. The van der Waals surface area contributed by atoms with Crippen molar-refractivity contribution in [2.45, 2.75) is 52.2 Å². The van der Waals surface area contributed by atoms with Crippen LogP contribution in [0, 0.1) is 10.1 Å². The maximum atomic E-state index is 11.4. The van der Waals surface area contributed by atoms with E-state index < -0.39 is 8.32 Å². The summed E-state index contributed by atoms with van der Waals surface area (Å²) < 4.78 is 6.11. The van der Waals surface area contributed by atoms with Crippen LogP contribution in [0.4, 0.5) is 5.69 Å². The van der Waals surface area contributed by atoms with Gasteiger partial charge in [-0.05, 0) is 36.7 Å². The molecular weight excluding hydrogens is 296 g/mol. The van der Waals surface area contributed by atoms with E-state index in [9.17, 15) is 10.1 Å². The highest BCUT2D eigenvalue weighted by atomic mass is 28.4. The molecule has 0 saturated carbocycles. The van der Waals surface area contributed by atoms with Crippen molar-refractivity contribution in [1.29, 1.82) is 0 Å². The highest BCUT2D eigenvalue weighted by molar-refractivity contribution is 6.74. The molecule has 0 spiro atoms. The van der Waals surface area contributed by atoms with Crippen molar-refractivity contribution in [1.82, 2.24) is 4.98 Å². The van der Waals surface area contributed by atoms with E-state index >= 15 is 0 Å². The summed E-state index contributed by atoms with van der Waals surface area (Å²) in [5, 5.41) is 11.5. The highest BCUT2D eigenvalue weighted by Gasteiger charge is 2.37. The third-order valence-corrected chi connectivity index (χ3v) is 8.77. The van der Waals surface area contributed by atoms with Gasteiger partial charge in [0.15, 0.2) is 8.32 Å². The van der Waals surface area contributed by atoms with E-state index in [2.05, 4.69) is 45.4 Å². The smallest absolute Gasteiger partial charge is 0.298 e. The van der Waals surface area contributed by atoms with Gasteiger partial charge in [0.05, 0.1) is 4.92 Å². The van der Waals surface area contributed by atoms with Crippen molar-refractivity contribution < 1.29 is 9.35 Å². The predicted octanol–water partition coefficient (Wildman–Crippen LogP) is 4.59. The maximum absolute atomic E-state index is 11.4. The molecule has 5 nitrogen and oxygen atoms in total. The Bertz CT molecular complexity index is 577. The van der Waals surface area contributed by atoms with Gasteiger partial charge in [0, 0.05) is 24.8 Å². The summed E-state index contributed by atoms with van der Waals surface area (Å²) >= 11 is 0. The monoisotopic (exact) mass is 322 g/mol. The molecule has 6 heteroatoms. The minimum atomic E-state index is -1.84. The van der Waals surface area contributed by atoms with E-state index in [-0.39, 0.29) is 15.6 Å². The van der Waals surface area contributed by atoms with Crippen LogP contribution in [0.3, 0.4) is 0 Å². The molecule has 0 atom stereocenters. The first kappa shape index (κ1) is 18.5. The first-order valence-electron chi connectivity index (χ1n) is 7.39. The average molecular weight is 322 g/mol. The van der Waals surface area contributed by atoms with Crippen molar-refractivity contribution in [3.63, 3.8) is 0 Å². The molecule has 0 bridgehead atoms. The Balaban J connectivity index is 2.94. The van der Waals surface area contributed by atoms with E-state index in [4.69, 9.17) is 4.43 Å². The van der Waals surface area contributed by atoms with E-state index in [1.807, 2.05) is 0 Å². The van der Waals surface area contributed by atoms with Gasteiger partial charge in [0.1, 0.15) is 5.69 Å². The Hall–Kier alpha value is -1.53. The van der Waals surface area contributed by atoms with E-state index in [0.717, 1.165) is 0 Å². The van der Waals surface area contributed by atoms with Crippen molar-refractivity contribution in [3.8, 4) is 0 Å². The Morgan fingerprint density at radius 1 is 1.45 bits per heavy atom. The van der Waals surface area contributed by atoms with Crippen LogP contribution in [-0.4, -0.2) is 24.8 Å². The van der Waals surface area contributed by atoms with Gasteiger partial charge in [-0.3, -0.25) is 10.1 Å². The van der Waals surface area contributed by atoms with E-state index in [1.165, 1.54) is 0 Å². The van der Waals surface area contributed by atoms with Gasteiger partial charge < -0.3 is 4.43 Å². The van der Waals surface area contributed by atoms with Gasteiger partial charge in [-0.15, -0.1) is 0 Å². The summed E-state index contributed by atoms with van der Waals surface area (Å²) in [6.45, 7) is 16.9. The van der Waals surface area contributed by atoms with Crippen molar-refractivity contribution in [3.05, 3.63) is 40.2 Å². The summed E-state index contributed by atoms with van der Waals surface area (Å²) in [4.78, 5) is 15.1. The molecule has 22 heavy (non-hydrogen) atoms. The van der Waals surface area contributed by atoms with Gasteiger partial charge in [-0.1, -0.05) is 27.4 Å². The summed E-state index contributed by atoms with van der Waals surface area (Å²) in [7, 11) is -1.84. The van der Waals surface area contributed by atoms with Gasteiger partial charge in [0.2, 0.25) is 0 Å². The quantitative estimate of drug-likeness (QED) is 0.436. The number of aromatic nitrogens is 1. The molecule has 0 radical (unpaired) electrons. The summed E-state index contributed by atoms with van der Waals surface area (Å²) in [5.41, 5.74) is 1.65. The molecule has 0 fully saturated rings. The van der Waals surface area contributed by atoms with Gasteiger partial charge >= 0.3 is 0 Å². The molecule has 0 unspecified atom stereocenters. The van der Waals surface area contributed by atoms with Crippen molar-refractivity contribution >= 4 is 19.6 Å². The normalized spacial score (nSPS) is 12.3. The van der Waals surface area contributed by atoms with E-state index in [1.54, 1.807) is 19.2 Å². The Morgan fingerprint density at radius 2 is 2.05 bits per heavy atom. The molecule has 0 saturated heterocycles. The number of nitrogens with zero attached hydrogens (tertiary/aromatic N) is 2. The number of hydrogen-bond donors (Lipinski definition) is 0. The lowest BCUT2D eigenvalue weighted by atomic mass is 10.1. The van der Waals surface area contributed by atoms with Crippen LogP contribution in [0.2, 0.25) is 18.1 Å².